The molecule has 0 saturated heterocycles. The van der Waals surface area contributed by atoms with Crippen molar-refractivity contribution in [1.29, 1.82) is 0 Å². The third-order valence-electron chi connectivity index (χ3n) is 2.34. The fourth-order valence-corrected chi connectivity index (χ4v) is 1.98. The Bertz CT molecular complexity index is 349. The number of aliphatic hydroxyl groups excluding tert-OH is 2. The fraction of sp³-hybridized carbons (Fsp3) is 0.455. The van der Waals surface area contributed by atoms with E-state index in [1.807, 2.05) is 0 Å². The van der Waals surface area contributed by atoms with Gasteiger partial charge in [-0.25, -0.2) is 4.39 Å². The minimum Gasteiger partial charge on any atom is -0.390 e. The monoisotopic (exact) mass is 291 g/mol. The molecule has 5 heteroatoms. The van der Waals surface area contributed by atoms with E-state index in [1.165, 1.54) is 18.2 Å². The van der Waals surface area contributed by atoms with Crippen LogP contribution in [0, 0.1) is 5.82 Å². The van der Waals surface area contributed by atoms with Crippen molar-refractivity contribution in [2.75, 3.05) is 13.6 Å². The van der Waals surface area contributed by atoms with Crippen LogP contribution in [-0.2, 0) is 0 Å². The van der Waals surface area contributed by atoms with Gasteiger partial charge in [0, 0.05) is 4.47 Å². The zero-order valence-electron chi connectivity index (χ0n) is 8.95. The lowest BCUT2D eigenvalue weighted by Crippen LogP contribution is -2.23. The first-order chi connectivity index (χ1) is 7.56. The highest BCUT2D eigenvalue weighted by molar-refractivity contribution is 9.10. The minimum absolute atomic E-state index is 0.382. The van der Waals surface area contributed by atoms with Gasteiger partial charge < -0.3 is 15.5 Å². The van der Waals surface area contributed by atoms with Crippen LogP contribution < -0.4 is 5.32 Å². The molecule has 0 aliphatic rings. The Kier molecular flexibility index (Phi) is 5.34. The van der Waals surface area contributed by atoms with Gasteiger partial charge in [0.1, 0.15) is 11.9 Å². The summed E-state index contributed by atoms with van der Waals surface area (Å²) in [5, 5.41) is 22.4. The highest BCUT2D eigenvalue weighted by Crippen LogP contribution is 2.27. The van der Waals surface area contributed by atoms with E-state index in [1.54, 1.807) is 7.05 Å². The molecule has 3 nitrogen and oxygen atoms in total. The quantitative estimate of drug-likeness (QED) is 0.772. The largest absolute Gasteiger partial charge is 0.390 e. The maximum Gasteiger partial charge on any atom is 0.124 e. The van der Waals surface area contributed by atoms with E-state index in [4.69, 9.17) is 0 Å². The molecule has 0 heterocycles. The van der Waals surface area contributed by atoms with Crippen molar-refractivity contribution in [3.8, 4) is 0 Å². The number of hydrogen-bond donors (Lipinski definition) is 3. The molecule has 3 N–H and O–H groups in total. The summed E-state index contributed by atoms with van der Waals surface area (Å²) in [6, 6.07) is 3.99. The minimum atomic E-state index is -1.01. The second-order valence-electron chi connectivity index (χ2n) is 3.57. The van der Waals surface area contributed by atoms with Crippen LogP contribution in [0.5, 0.6) is 0 Å². The van der Waals surface area contributed by atoms with Gasteiger partial charge in [-0.2, -0.15) is 0 Å². The van der Waals surface area contributed by atoms with Gasteiger partial charge in [-0.15, -0.1) is 0 Å². The second kappa shape index (κ2) is 6.30. The Labute approximate surface area is 102 Å². The van der Waals surface area contributed by atoms with Crippen LogP contribution in [0.3, 0.4) is 0 Å². The SMILES string of the molecule is CNCCC(O)C(O)c1ccc(F)cc1Br. The predicted octanol–water partition coefficient (Wildman–Crippen LogP) is 1.59. The molecule has 0 bridgehead atoms. The summed E-state index contributed by atoms with van der Waals surface area (Å²) < 4.78 is 13.3. The molecular weight excluding hydrogens is 277 g/mol. The van der Waals surface area contributed by atoms with E-state index < -0.39 is 12.2 Å². The summed E-state index contributed by atoms with van der Waals surface area (Å²) in [6.07, 6.45) is -1.45. The molecule has 0 spiro atoms. The zero-order chi connectivity index (χ0) is 12.1. The van der Waals surface area contributed by atoms with Crippen LogP contribution in [0.4, 0.5) is 4.39 Å². The van der Waals surface area contributed by atoms with Crippen molar-refractivity contribution < 1.29 is 14.6 Å². The number of hydrogen-bond acceptors (Lipinski definition) is 3. The summed E-state index contributed by atoms with van der Waals surface area (Å²) in [7, 11) is 1.77. The average Bonchev–Trinajstić information content (AvgIpc) is 2.25. The summed E-state index contributed by atoms with van der Waals surface area (Å²) in [5.74, 6) is -0.382. The maximum absolute atomic E-state index is 12.8. The van der Waals surface area contributed by atoms with Gasteiger partial charge in [-0.05, 0) is 37.7 Å². The van der Waals surface area contributed by atoms with Crippen molar-refractivity contribution >= 4 is 15.9 Å². The van der Waals surface area contributed by atoms with Crippen LogP contribution in [-0.4, -0.2) is 29.9 Å². The van der Waals surface area contributed by atoms with Crippen molar-refractivity contribution in [3.05, 3.63) is 34.1 Å². The fourth-order valence-electron chi connectivity index (χ4n) is 1.40. The Hall–Kier alpha value is -0.490. The van der Waals surface area contributed by atoms with Crippen LogP contribution in [0.15, 0.2) is 22.7 Å². The van der Waals surface area contributed by atoms with Crippen LogP contribution in [0.1, 0.15) is 18.1 Å². The van der Waals surface area contributed by atoms with Crippen LogP contribution in [0.25, 0.3) is 0 Å². The van der Waals surface area contributed by atoms with Crippen molar-refractivity contribution in [2.24, 2.45) is 0 Å². The molecular formula is C11H15BrFNO2. The average molecular weight is 292 g/mol. The molecule has 0 amide bonds. The lowest BCUT2D eigenvalue weighted by atomic mass is 10.0. The molecule has 1 aromatic carbocycles. The molecule has 90 valence electrons. The van der Waals surface area contributed by atoms with Gasteiger partial charge in [-0.3, -0.25) is 0 Å². The predicted molar refractivity (Wildman–Crippen MR) is 63.6 cm³/mol. The first-order valence-corrected chi connectivity index (χ1v) is 5.81. The molecule has 0 aliphatic heterocycles. The zero-order valence-corrected chi connectivity index (χ0v) is 10.5. The van der Waals surface area contributed by atoms with Gasteiger partial charge in [0.25, 0.3) is 0 Å². The van der Waals surface area contributed by atoms with E-state index in [0.717, 1.165) is 0 Å². The topological polar surface area (TPSA) is 52.5 Å². The van der Waals surface area contributed by atoms with E-state index in [2.05, 4.69) is 21.2 Å². The van der Waals surface area contributed by atoms with Gasteiger partial charge in [0.15, 0.2) is 0 Å². The smallest absolute Gasteiger partial charge is 0.124 e. The lowest BCUT2D eigenvalue weighted by Gasteiger charge is -2.19. The highest BCUT2D eigenvalue weighted by atomic mass is 79.9. The summed E-state index contributed by atoms with van der Waals surface area (Å²) in [5.41, 5.74) is 0.491. The Morgan fingerprint density at radius 1 is 1.44 bits per heavy atom. The van der Waals surface area contributed by atoms with Crippen molar-refractivity contribution in [1.82, 2.24) is 5.32 Å². The van der Waals surface area contributed by atoms with Crippen molar-refractivity contribution in [3.63, 3.8) is 0 Å². The van der Waals surface area contributed by atoms with E-state index >= 15 is 0 Å². The normalized spacial score (nSPS) is 14.8. The van der Waals surface area contributed by atoms with Crippen molar-refractivity contribution in [2.45, 2.75) is 18.6 Å². The Balaban J connectivity index is 2.75. The molecule has 0 fully saturated rings. The second-order valence-corrected chi connectivity index (χ2v) is 4.42. The summed E-state index contributed by atoms with van der Waals surface area (Å²) in [6.45, 7) is 0.608. The Morgan fingerprint density at radius 2 is 2.12 bits per heavy atom. The molecule has 1 rings (SSSR count). The third kappa shape index (κ3) is 3.52. The first kappa shape index (κ1) is 13.6. The number of rotatable bonds is 5. The molecule has 0 aliphatic carbocycles. The number of benzene rings is 1. The van der Waals surface area contributed by atoms with Gasteiger partial charge in [0.05, 0.1) is 6.10 Å². The summed E-state index contributed by atoms with van der Waals surface area (Å²) in [4.78, 5) is 0. The molecule has 16 heavy (non-hydrogen) atoms. The van der Waals surface area contributed by atoms with E-state index in [0.29, 0.717) is 23.0 Å². The van der Waals surface area contributed by atoms with Gasteiger partial charge in [0.2, 0.25) is 0 Å². The van der Waals surface area contributed by atoms with Crippen LogP contribution in [0.2, 0.25) is 0 Å². The maximum atomic E-state index is 12.8. The third-order valence-corrected chi connectivity index (χ3v) is 3.02. The van der Waals surface area contributed by atoms with E-state index in [9.17, 15) is 14.6 Å². The Morgan fingerprint density at radius 3 is 2.69 bits per heavy atom. The molecule has 0 saturated carbocycles. The highest BCUT2D eigenvalue weighted by Gasteiger charge is 2.20. The summed E-state index contributed by atoms with van der Waals surface area (Å²) >= 11 is 3.16. The standard InChI is InChI=1S/C11H15BrFNO2/c1-14-5-4-10(15)11(16)8-3-2-7(13)6-9(8)12/h2-3,6,10-11,14-16H,4-5H2,1H3. The molecule has 0 aromatic heterocycles. The van der Waals surface area contributed by atoms with Crippen LogP contribution >= 0.6 is 15.9 Å². The molecule has 0 radical (unpaired) electrons. The van der Waals surface area contributed by atoms with Gasteiger partial charge >= 0.3 is 0 Å². The molecule has 1 aromatic rings. The lowest BCUT2D eigenvalue weighted by molar-refractivity contribution is 0.0136. The van der Waals surface area contributed by atoms with E-state index in [-0.39, 0.29) is 5.82 Å². The number of nitrogens with one attached hydrogen (secondary N) is 1. The first-order valence-electron chi connectivity index (χ1n) is 5.02. The molecule has 2 unspecified atom stereocenters. The molecule has 2 atom stereocenters. The number of halogens is 2. The van der Waals surface area contributed by atoms with Gasteiger partial charge in [-0.1, -0.05) is 22.0 Å². The number of aliphatic hydroxyl groups is 2.